The molecule has 1 nitrogen and oxygen atoms in total. The van der Waals surface area contributed by atoms with Crippen molar-refractivity contribution in [2.24, 2.45) is 5.92 Å². The molecule has 0 aromatic carbocycles. The molecule has 12 heavy (non-hydrogen) atoms. The predicted octanol–water partition coefficient (Wildman–Crippen LogP) is 2.86. The van der Waals surface area contributed by atoms with Gasteiger partial charge in [0.05, 0.1) is 5.60 Å². The van der Waals surface area contributed by atoms with Gasteiger partial charge in [0.25, 0.3) is 0 Å². The van der Waals surface area contributed by atoms with Crippen molar-refractivity contribution in [2.45, 2.75) is 55.4 Å². The molecule has 2 unspecified atom stereocenters. The minimum absolute atomic E-state index is 0.283. The second kappa shape index (κ2) is 3.30. The Morgan fingerprint density at radius 3 is 2.67 bits per heavy atom. The van der Waals surface area contributed by atoms with Crippen molar-refractivity contribution in [3.8, 4) is 0 Å². The van der Waals surface area contributed by atoms with Crippen LogP contribution in [0.4, 0.5) is 0 Å². The average Bonchev–Trinajstić information content (AvgIpc) is 1.99. The van der Waals surface area contributed by atoms with Crippen molar-refractivity contribution in [3.05, 3.63) is 0 Å². The quantitative estimate of drug-likeness (QED) is 0.638. The van der Waals surface area contributed by atoms with Crippen LogP contribution in [-0.4, -0.2) is 15.5 Å². The Hall–Kier alpha value is 0.440. The first-order chi connectivity index (χ1) is 5.72. The molecule has 0 aliphatic heterocycles. The fraction of sp³-hybridized carbons (Fsp3) is 1.00. The lowest BCUT2D eigenvalue weighted by atomic mass is 9.64. The van der Waals surface area contributed by atoms with Gasteiger partial charge in [-0.05, 0) is 19.3 Å². The summed E-state index contributed by atoms with van der Waals surface area (Å²) in [5, 5.41) is 10.2. The van der Waals surface area contributed by atoms with Crippen LogP contribution in [0.3, 0.4) is 0 Å². The largest absolute Gasteiger partial charge is 0.390 e. The van der Waals surface area contributed by atoms with E-state index < -0.39 is 0 Å². The lowest BCUT2D eigenvalue weighted by Crippen LogP contribution is -2.55. The van der Waals surface area contributed by atoms with E-state index in [1.165, 1.54) is 32.1 Å². The van der Waals surface area contributed by atoms with Gasteiger partial charge in [-0.15, -0.1) is 0 Å². The van der Waals surface area contributed by atoms with E-state index in [-0.39, 0.29) is 5.60 Å². The standard InChI is InChI=1S/C10H17BrO/c11-9-7-10(12)6-4-2-1-3-5-8(9)10/h8-9,12H,1-7H2/t8?,9-,10?/m0/s1. The number of rotatable bonds is 0. The molecule has 0 aromatic rings. The maximum Gasteiger partial charge on any atom is 0.0697 e. The van der Waals surface area contributed by atoms with E-state index in [0.29, 0.717) is 10.7 Å². The Kier molecular flexibility index (Phi) is 2.48. The van der Waals surface area contributed by atoms with E-state index in [1.807, 2.05) is 0 Å². The Morgan fingerprint density at radius 1 is 1.17 bits per heavy atom. The highest BCUT2D eigenvalue weighted by Crippen LogP contribution is 2.49. The molecule has 70 valence electrons. The van der Waals surface area contributed by atoms with Gasteiger partial charge in [0.1, 0.15) is 0 Å². The second-order valence-electron chi connectivity index (χ2n) is 4.38. The fourth-order valence-electron chi connectivity index (χ4n) is 2.69. The predicted molar refractivity (Wildman–Crippen MR) is 53.5 cm³/mol. The van der Waals surface area contributed by atoms with Crippen molar-refractivity contribution in [2.75, 3.05) is 0 Å². The number of halogens is 1. The van der Waals surface area contributed by atoms with Crippen LogP contribution in [0.2, 0.25) is 0 Å². The van der Waals surface area contributed by atoms with Gasteiger partial charge >= 0.3 is 0 Å². The highest BCUT2D eigenvalue weighted by molar-refractivity contribution is 9.09. The van der Waals surface area contributed by atoms with Crippen LogP contribution in [0.1, 0.15) is 44.9 Å². The van der Waals surface area contributed by atoms with Crippen molar-refractivity contribution in [3.63, 3.8) is 0 Å². The Balaban J connectivity index is 1.99. The van der Waals surface area contributed by atoms with E-state index in [0.717, 1.165) is 12.8 Å². The molecule has 0 bridgehead atoms. The summed E-state index contributed by atoms with van der Waals surface area (Å²) in [4.78, 5) is 0.598. The van der Waals surface area contributed by atoms with Crippen LogP contribution in [0.5, 0.6) is 0 Å². The molecule has 2 heteroatoms. The van der Waals surface area contributed by atoms with Crippen LogP contribution in [0, 0.1) is 5.92 Å². The summed E-state index contributed by atoms with van der Waals surface area (Å²) in [6.07, 6.45) is 8.49. The van der Waals surface area contributed by atoms with Gasteiger partial charge in [-0.1, -0.05) is 41.6 Å². The van der Waals surface area contributed by atoms with Crippen LogP contribution < -0.4 is 0 Å². The number of fused-ring (bicyclic) bond motifs is 1. The summed E-state index contributed by atoms with van der Waals surface area (Å²) in [6.45, 7) is 0. The Labute approximate surface area is 82.7 Å². The third-order valence-corrected chi connectivity index (χ3v) is 4.51. The van der Waals surface area contributed by atoms with Crippen molar-refractivity contribution in [1.82, 2.24) is 0 Å². The van der Waals surface area contributed by atoms with Crippen LogP contribution >= 0.6 is 15.9 Å². The molecular weight excluding hydrogens is 216 g/mol. The molecule has 2 rings (SSSR count). The second-order valence-corrected chi connectivity index (χ2v) is 5.56. The summed E-state index contributed by atoms with van der Waals surface area (Å²) < 4.78 is 0. The lowest BCUT2D eigenvalue weighted by Gasteiger charge is -2.51. The average molecular weight is 233 g/mol. The number of alkyl halides is 1. The first kappa shape index (κ1) is 9.01. The molecule has 3 atom stereocenters. The van der Waals surface area contributed by atoms with Gasteiger partial charge in [-0.25, -0.2) is 0 Å². The van der Waals surface area contributed by atoms with E-state index in [1.54, 1.807) is 0 Å². The highest BCUT2D eigenvalue weighted by Gasteiger charge is 2.50. The SMILES string of the molecule is OC12CCCCCCC1[C@@H](Br)C2. The van der Waals surface area contributed by atoms with Crippen molar-refractivity contribution >= 4 is 15.9 Å². The monoisotopic (exact) mass is 232 g/mol. The normalized spacial score (nSPS) is 48.5. The Bertz CT molecular complexity index is 171. The summed E-state index contributed by atoms with van der Waals surface area (Å²) in [7, 11) is 0. The van der Waals surface area contributed by atoms with Crippen molar-refractivity contribution < 1.29 is 5.11 Å². The first-order valence-electron chi connectivity index (χ1n) is 5.09. The minimum Gasteiger partial charge on any atom is -0.390 e. The summed E-state index contributed by atoms with van der Waals surface area (Å²) in [5.74, 6) is 0.554. The molecule has 0 radical (unpaired) electrons. The van der Waals surface area contributed by atoms with Gasteiger partial charge < -0.3 is 5.11 Å². The maximum absolute atomic E-state index is 10.2. The molecule has 0 heterocycles. The third kappa shape index (κ3) is 1.44. The smallest absolute Gasteiger partial charge is 0.0697 e. The van der Waals surface area contributed by atoms with E-state index >= 15 is 0 Å². The highest BCUT2D eigenvalue weighted by atomic mass is 79.9. The van der Waals surface area contributed by atoms with E-state index in [4.69, 9.17) is 0 Å². The molecule has 0 aromatic heterocycles. The summed E-state index contributed by atoms with van der Waals surface area (Å²) in [5.41, 5.74) is -0.283. The minimum atomic E-state index is -0.283. The van der Waals surface area contributed by atoms with Gasteiger partial charge in [0.15, 0.2) is 0 Å². The van der Waals surface area contributed by atoms with Gasteiger partial charge in [-0.3, -0.25) is 0 Å². The molecule has 2 aliphatic rings. The van der Waals surface area contributed by atoms with Gasteiger partial charge in [0.2, 0.25) is 0 Å². The number of hydrogen-bond donors (Lipinski definition) is 1. The molecular formula is C10H17BrO. The fourth-order valence-corrected chi connectivity index (χ4v) is 4.01. The van der Waals surface area contributed by atoms with E-state index in [9.17, 15) is 5.11 Å². The molecule has 0 spiro atoms. The zero-order chi connectivity index (χ0) is 8.60. The topological polar surface area (TPSA) is 20.2 Å². The zero-order valence-electron chi connectivity index (χ0n) is 7.43. The van der Waals surface area contributed by atoms with Gasteiger partial charge in [-0.2, -0.15) is 0 Å². The molecule has 0 amide bonds. The number of aliphatic hydroxyl groups is 1. The van der Waals surface area contributed by atoms with E-state index in [2.05, 4.69) is 15.9 Å². The van der Waals surface area contributed by atoms with Crippen LogP contribution in [0.25, 0.3) is 0 Å². The summed E-state index contributed by atoms with van der Waals surface area (Å²) in [6, 6.07) is 0. The third-order valence-electron chi connectivity index (χ3n) is 3.55. The molecule has 2 aliphatic carbocycles. The lowest BCUT2D eigenvalue weighted by molar-refractivity contribution is -0.101. The number of hydrogen-bond acceptors (Lipinski definition) is 1. The molecule has 0 saturated heterocycles. The van der Waals surface area contributed by atoms with Crippen molar-refractivity contribution in [1.29, 1.82) is 0 Å². The maximum atomic E-state index is 10.2. The summed E-state index contributed by atoms with van der Waals surface area (Å²) >= 11 is 3.64. The van der Waals surface area contributed by atoms with Crippen LogP contribution in [-0.2, 0) is 0 Å². The Morgan fingerprint density at radius 2 is 1.92 bits per heavy atom. The van der Waals surface area contributed by atoms with Gasteiger partial charge in [0, 0.05) is 10.7 Å². The molecule has 2 fully saturated rings. The molecule has 1 N–H and O–H groups in total. The first-order valence-corrected chi connectivity index (χ1v) is 6.00. The van der Waals surface area contributed by atoms with Crippen LogP contribution in [0.15, 0.2) is 0 Å². The zero-order valence-corrected chi connectivity index (χ0v) is 9.02. The molecule has 2 saturated carbocycles.